The molecular formula is C15H22BrNO2S2. The summed E-state index contributed by atoms with van der Waals surface area (Å²) in [6, 6.07) is 7.80. The van der Waals surface area contributed by atoms with Crippen LogP contribution in [0.5, 0.6) is 0 Å². The Kier molecular flexibility index (Phi) is 9.47. The van der Waals surface area contributed by atoms with Crippen molar-refractivity contribution in [2.45, 2.75) is 32.0 Å². The van der Waals surface area contributed by atoms with E-state index in [2.05, 4.69) is 28.6 Å². The van der Waals surface area contributed by atoms with E-state index in [0.717, 1.165) is 22.2 Å². The van der Waals surface area contributed by atoms with E-state index in [1.54, 1.807) is 16.7 Å². The smallest absolute Gasteiger partial charge is 0.225 e. The van der Waals surface area contributed by atoms with Crippen molar-refractivity contribution < 1.29 is 9.90 Å². The molecule has 1 N–H and O–H groups in total. The number of halogens is 1. The van der Waals surface area contributed by atoms with Gasteiger partial charge in [-0.25, -0.2) is 0 Å². The van der Waals surface area contributed by atoms with Gasteiger partial charge in [-0.05, 0) is 48.3 Å². The second-order valence-corrected chi connectivity index (χ2v) is 7.09. The topological polar surface area (TPSA) is 40.5 Å². The molecule has 1 aromatic carbocycles. The van der Waals surface area contributed by atoms with Crippen LogP contribution in [-0.2, 0) is 11.3 Å². The molecule has 0 aliphatic rings. The Morgan fingerprint density at radius 1 is 1.43 bits per heavy atom. The molecular weight excluding hydrogens is 370 g/mol. The van der Waals surface area contributed by atoms with Crippen molar-refractivity contribution in [1.82, 2.24) is 4.90 Å². The van der Waals surface area contributed by atoms with E-state index in [1.165, 1.54) is 0 Å². The lowest BCUT2D eigenvalue weighted by Crippen LogP contribution is -2.40. The van der Waals surface area contributed by atoms with Crippen LogP contribution in [0.15, 0.2) is 28.7 Å². The molecule has 0 heterocycles. The Balaban J connectivity index is 2.71. The highest BCUT2D eigenvalue weighted by atomic mass is 79.9. The van der Waals surface area contributed by atoms with Gasteiger partial charge in [0.2, 0.25) is 5.91 Å². The number of thiol groups is 1. The molecule has 0 aliphatic carbocycles. The maximum atomic E-state index is 12.2. The third kappa shape index (κ3) is 7.08. The van der Waals surface area contributed by atoms with Gasteiger partial charge in [0.05, 0.1) is 0 Å². The maximum Gasteiger partial charge on any atom is 0.225 e. The fraction of sp³-hybridized carbons (Fsp3) is 0.533. The summed E-state index contributed by atoms with van der Waals surface area (Å²) in [5, 5.41) is 10.3. The lowest BCUT2D eigenvalue weighted by Gasteiger charge is -2.28. The largest absolute Gasteiger partial charge is 0.374 e. The predicted molar refractivity (Wildman–Crippen MR) is 96.8 cm³/mol. The van der Waals surface area contributed by atoms with Crippen molar-refractivity contribution in [2.24, 2.45) is 0 Å². The normalized spacial score (nSPS) is 12.2. The van der Waals surface area contributed by atoms with E-state index in [9.17, 15) is 9.90 Å². The zero-order valence-corrected chi connectivity index (χ0v) is 15.5. The molecule has 1 rings (SSSR count). The quantitative estimate of drug-likeness (QED) is 0.384. The van der Waals surface area contributed by atoms with E-state index in [0.29, 0.717) is 25.1 Å². The number of amides is 1. The van der Waals surface area contributed by atoms with Crippen molar-refractivity contribution in [2.75, 3.05) is 17.8 Å². The van der Waals surface area contributed by atoms with E-state index in [-0.39, 0.29) is 5.91 Å². The van der Waals surface area contributed by atoms with Gasteiger partial charge < -0.3 is 10.0 Å². The Hall–Kier alpha value is -0.170. The van der Waals surface area contributed by atoms with Gasteiger partial charge in [0.25, 0.3) is 0 Å². The van der Waals surface area contributed by atoms with Crippen LogP contribution in [0.3, 0.4) is 0 Å². The van der Waals surface area contributed by atoms with Gasteiger partial charge in [-0.1, -0.05) is 28.1 Å². The second-order valence-electron chi connectivity index (χ2n) is 4.74. The molecule has 1 unspecified atom stereocenters. The van der Waals surface area contributed by atoms with Crippen molar-refractivity contribution in [3.05, 3.63) is 34.3 Å². The lowest BCUT2D eigenvalue weighted by molar-refractivity contribution is -0.142. The number of aliphatic hydroxyl groups excluding tert-OH is 1. The molecule has 0 aliphatic heterocycles. The van der Waals surface area contributed by atoms with Crippen LogP contribution in [0, 0.1) is 0 Å². The van der Waals surface area contributed by atoms with Gasteiger partial charge in [-0.3, -0.25) is 4.79 Å². The molecule has 0 saturated carbocycles. The number of hydrogen-bond donors (Lipinski definition) is 2. The number of aliphatic hydroxyl groups is 1. The van der Waals surface area contributed by atoms with Crippen LogP contribution in [0.25, 0.3) is 0 Å². The van der Waals surface area contributed by atoms with Crippen LogP contribution in [-0.4, -0.2) is 39.9 Å². The standard InChI is InChI=1S/C15H22BrNO2S2/c1-21-10-2-3-14(18)17(15(19)8-9-20)11-12-4-6-13(16)7-5-12/h4-7,14,18,20H,2-3,8-11H2,1H3. The van der Waals surface area contributed by atoms with Gasteiger partial charge in [0.1, 0.15) is 6.23 Å². The average Bonchev–Trinajstić information content (AvgIpc) is 2.47. The summed E-state index contributed by atoms with van der Waals surface area (Å²) in [5.74, 6) is 1.43. The fourth-order valence-electron chi connectivity index (χ4n) is 1.95. The van der Waals surface area contributed by atoms with E-state index >= 15 is 0 Å². The van der Waals surface area contributed by atoms with Crippen LogP contribution >= 0.6 is 40.3 Å². The summed E-state index contributed by atoms with van der Waals surface area (Å²) < 4.78 is 1.00. The van der Waals surface area contributed by atoms with Crippen LogP contribution in [0.4, 0.5) is 0 Å². The van der Waals surface area contributed by atoms with Gasteiger partial charge >= 0.3 is 0 Å². The summed E-state index contributed by atoms with van der Waals surface area (Å²) in [5.41, 5.74) is 1.01. The lowest BCUT2D eigenvalue weighted by atomic mass is 10.2. The van der Waals surface area contributed by atoms with Crippen LogP contribution < -0.4 is 0 Å². The predicted octanol–water partition coefficient (Wildman–Crippen LogP) is 3.56. The number of carbonyl (C=O) groups excluding carboxylic acids is 1. The number of hydrogen-bond acceptors (Lipinski definition) is 4. The van der Waals surface area contributed by atoms with Crippen molar-refractivity contribution in [1.29, 1.82) is 0 Å². The van der Waals surface area contributed by atoms with E-state index in [1.807, 2.05) is 30.5 Å². The molecule has 21 heavy (non-hydrogen) atoms. The van der Waals surface area contributed by atoms with Gasteiger partial charge in [0.15, 0.2) is 0 Å². The first kappa shape index (κ1) is 18.9. The minimum atomic E-state index is -0.729. The monoisotopic (exact) mass is 391 g/mol. The number of nitrogens with zero attached hydrogens (tertiary/aromatic N) is 1. The highest BCUT2D eigenvalue weighted by Gasteiger charge is 2.21. The number of carbonyl (C=O) groups is 1. The molecule has 6 heteroatoms. The summed E-state index contributed by atoms with van der Waals surface area (Å²) in [4.78, 5) is 13.7. The van der Waals surface area contributed by atoms with Crippen LogP contribution in [0.2, 0.25) is 0 Å². The Labute approximate surface area is 145 Å². The zero-order valence-electron chi connectivity index (χ0n) is 12.2. The fourth-order valence-corrected chi connectivity index (χ4v) is 2.86. The Bertz CT molecular complexity index is 428. The highest BCUT2D eigenvalue weighted by Crippen LogP contribution is 2.16. The summed E-state index contributed by atoms with van der Waals surface area (Å²) in [6.45, 7) is 0.431. The Morgan fingerprint density at radius 3 is 2.67 bits per heavy atom. The highest BCUT2D eigenvalue weighted by molar-refractivity contribution is 9.10. The molecule has 3 nitrogen and oxygen atoms in total. The third-order valence-corrected chi connectivity index (χ3v) is 4.53. The second kappa shape index (κ2) is 10.5. The SMILES string of the molecule is CSCCCC(O)N(Cc1ccc(Br)cc1)C(=O)CCS. The van der Waals surface area contributed by atoms with Crippen molar-refractivity contribution in [3.63, 3.8) is 0 Å². The van der Waals surface area contributed by atoms with E-state index in [4.69, 9.17) is 0 Å². The summed E-state index contributed by atoms with van der Waals surface area (Å²) in [6.07, 6.45) is 3.16. The number of rotatable bonds is 9. The first-order chi connectivity index (χ1) is 10.1. The van der Waals surface area contributed by atoms with Gasteiger partial charge in [-0.15, -0.1) is 0 Å². The molecule has 118 valence electrons. The third-order valence-electron chi connectivity index (χ3n) is 3.08. The molecule has 0 aromatic heterocycles. The summed E-state index contributed by atoms with van der Waals surface area (Å²) in [7, 11) is 0. The molecule has 1 aromatic rings. The van der Waals surface area contributed by atoms with E-state index < -0.39 is 6.23 Å². The molecule has 0 fully saturated rings. The molecule has 0 spiro atoms. The average molecular weight is 392 g/mol. The number of thioether (sulfide) groups is 1. The number of benzene rings is 1. The van der Waals surface area contributed by atoms with Crippen molar-refractivity contribution in [3.8, 4) is 0 Å². The Morgan fingerprint density at radius 2 is 2.10 bits per heavy atom. The molecule has 0 bridgehead atoms. The minimum absolute atomic E-state index is 0.0513. The van der Waals surface area contributed by atoms with Gasteiger partial charge in [0, 0.05) is 17.4 Å². The van der Waals surface area contributed by atoms with Crippen LogP contribution in [0.1, 0.15) is 24.8 Å². The van der Waals surface area contributed by atoms with Crippen molar-refractivity contribution >= 4 is 46.2 Å². The summed E-state index contributed by atoms with van der Waals surface area (Å²) >= 11 is 9.25. The molecule has 1 amide bonds. The first-order valence-corrected chi connectivity index (χ1v) is 9.72. The minimum Gasteiger partial charge on any atom is -0.374 e. The molecule has 0 radical (unpaired) electrons. The maximum absolute atomic E-state index is 12.2. The van der Waals surface area contributed by atoms with Gasteiger partial charge in [-0.2, -0.15) is 24.4 Å². The molecule has 0 saturated heterocycles. The first-order valence-electron chi connectivity index (χ1n) is 6.90. The molecule has 1 atom stereocenters. The zero-order chi connectivity index (χ0) is 15.7.